The number of hydrogen-bond donors (Lipinski definition) is 2. The number of aliphatic hydroxyl groups excluding tert-OH is 1. The highest BCUT2D eigenvalue weighted by Crippen LogP contribution is 2.59. The van der Waals surface area contributed by atoms with Gasteiger partial charge < -0.3 is 34.3 Å². The predicted molar refractivity (Wildman–Crippen MR) is 157 cm³/mol. The Morgan fingerprint density at radius 3 is 2.51 bits per heavy atom. The number of carbonyl (C=O) groups excluding carboxylic acids is 4. The van der Waals surface area contributed by atoms with Crippen molar-refractivity contribution in [2.75, 3.05) is 26.3 Å². The Labute approximate surface area is 269 Å². The van der Waals surface area contributed by atoms with Crippen LogP contribution in [0.2, 0.25) is 0 Å². The van der Waals surface area contributed by atoms with Gasteiger partial charge in [0, 0.05) is 43.0 Å². The van der Waals surface area contributed by atoms with Crippen LogP contribution < -0.4 is 5.32 Å². The fourth-order valence-corrected chi connectivity index (χ4v) is 6.66. The number of halogens is 3. The van der Waals surface area contributed by atoms with E-state index in [0.29, 0.717) is 30.5 Å². The molecule has 2 N–H and O–H groups in total. The average Bonchev–Trinajstić information content (AvgIpc) is 3.99. The number of nitrogens with one attached hydrogen (secondary N) is 1. The number of nitrogens with zero attached hydrogens (tertiary/aromatic N) is 1. The van der Waals surface area contributed by atoms with Crippen LogP contribution in [0.4, 0.5) is 13.2 Å². The van der Waals surface area contributed by atoms with Gasteiger partial charge >= 0.3 is 18.1 Å². The Bertz CT molecular complexity index is 1440. The van der Waals surface area contributed by atoms with Crippen molar-refractivity contribution in [1.82, 2.24) is 10.2 Å². The van der Waals surface area contributed by atoms with Crippen LogP contribution in [-0.4, -0.2) is 96.4 Å². The zero-order valence-corrected chi connectivity index (χ0v) is 25.6. The second-order valence-corrected chi connectivity index (χ2v) is 12.6. The molecule has 6 rings (SSSR count). The molecule has 2 heterocycles. The molecule has 1 aromatic rings. The van der Waals surface area contributed by atoms with E-state index < -0.39 is 54.9 Å². The summed E-state index contributed by atoms with van der Waals surface area (Å²) in [5, 5.41) is 11.8. The first kappa shape index (κ1) is 33.2. The van der Waals surface area contributed by atoms with Crippen LogP contribution in [0.3, 0.4) is 0 Å². The van der Waals surface area contributed by atoms with Crippen molar-refractivity contribution in [3.8, 4) is 0 Å². The van der Waals surface area contributed by atoms with Crippen LogP contribution in [0, 0.1) is 11.8 Å². The summed E-state index contributed by atoms with van der Waals surface area (Å²) in [5.74, 6) is -2.98. The first-order valence-corrected chi connectivity index (χ1v) is 16.0. The molecule has 14 heteroatoms. The third-order valence-corrected chi connectivity index (χ3v) is 9.08. The van der Waals surface area contributed by atoms with Gasteiger partial charge in [-0.3, -0.25) is 9.59 Å². The standard InChI is InChI=1S/C33H37F3N2O9/c34-32(35,36)18-44-27(40)11-6-19-3-1-4-20(15-19)31(43)45-25-16-21(30(42)38-13-2-5-24(38)29(41)37-12-14-39)17-26-28(25)47-33(46-26,22-7-8-22)23-9-10-23/h1,3-4,6,11,15,17,22-26,28,39H,2,5,7-10,12-14,16,18H2,(H,37,41). The SMILES string of the molecule is O=C(C=Cc1cccc(C(=O)OC2CC(C(=O)N3CCCC3C(=O)NCCO)=CC3OC(C4CC4)(C4CC4)OC32)c1)OCC(F)(F)F. The lowest BCUT2D eigenvalue weighted by atomic mass is 9.91. The van der Waals surface area contributed by atoms with Gasteiger partial charge in [0.2, 0.25) is 11.8 Å². The molecule has 4 unspecified atom stereocenters. The van der Waals surface area contributed by atoms with Crippen molar-refractivity contribution < 1.29 is 56.4 Å². The number of hydrogen-bond acceptors (Lipinski definition) is 9. The number of alkyl halides is 3. The van der Waals surface area contributed by atoms with Crippen LogP contribution >= 0.6 is 0 Å². The second-order valence-electron chi connectivity index (χ2n) is 12.6. The van der Waals surface area contributed by atoms with E-state index >= 15 is 0 Å². The lowest BCUT2D eigenvalue weighted by Gasteiger charge is -2.33. The molecule has 2 amide bonds. The molecule has 0 radical (unpaired) electrons. The topological polar surface area (TPSA) is 141 Å². The van der Waals surface area contributed by atoms with E-state index in [0.717, 1.165) is 31.8 Å². The molecule has 47 heavy (non-hydrogen) atoms. The molecule has 4 fully saturated rings. The third kappa shape index (κ3) is 7.54. The minimum absolute atomic E-state index is 0.0344. The van der Waals surface area contributed by atoms with E-state index in [1.807, 2.05) is 0 Å². The molecule has 11 nitrogen and oxygen atoms in total. The van der Waals surface area contributed by atoms with E-state index in [2.05, 4.69) is 10.1 Å². The van der Waals surface area contributed by atoms with E-state index in [-0.39, 0.29) is 48.8 Å². The molecule has 1 aromatic carbocycles. The number of aliphatic hydroxyl groups is 1. The van der Waals surface area contributed by atoms with Crippen molar-refractivity contribution in [3.05, 3.63) is 53.1 Å². The van der Waals surface area contributed by atoms with Crippen molar-refractivity contribution in [2.24, 2.45) is 11.8 Å². The van der Waals surface area contributed by atoms with Crippen LogP contribution in [0.15, 0.2) is 42.0 Å². The normalized spacial score (nSPS) is 26.9. The zero-order valence-electron chi connectivity index (χ0n) is 25.6. The highest BCUT2D eigenvalue weighted by molar-refractivity contribution is 5.98. The third-order valence-electron chi connectivity index (χ3n) is 9.08. The van der Waals surface area contributed by atoms with E-state index in [4.69, 9.17) is 19.3 Å². The largest absolute Gasteiger partial charge is 0.456 e. The highest BCUT2D eigenvalue weighted by atomic mass is 19.4. The van der Waals surface area contributed by atoms with Gasteiger partial charge in [0.05, 0.1) is 12.2 Å². The Kier molecular flexibility index (Phi) is 9.45. The fourth-order valence-electron chi connectivity index (χ4n) is 6.66. The Hall–Kier alpha value is -3.75. The molecule has 2 saturated carbocycles. The molecular formula is C33H37F3N2O9. The minimum Gasteiger partial charge on any atom is -0.456 e. The van der Waals surface area contributed by atoms with Gasteiger partial charge in [-0.2, -0.15) is 13.2 Å². The van der Waals surface area contributed by atoms with Gasteiger partial charge in [-0.1, -0.05) is 12.1 Å². The smallest absolute Gasteiger partial charge is 0.422 e. The molecule has 0 spiro atoms. The quantitative estimate of drug-likeness (QED) is 0.270. The van der Waals surface area contributed by atoms with Crippen molar-refractivity contribution in [3.63, 3.8) is 0 Å². The number of carbonyl (C=O) groups is 4. The van der Waals surface area contributed by atoms with Gasteiger partial charge in [0.15, 0.2) is 12.4 Å². The van der Waals surface area contributed by atoms with Crippen LogP contribution in [-0.2, 0) is 33.3 Å². The number of esters is 2. The summed E-state index contributed by atoms with van der Waals surface area (Å²) in [7, 11) is 0. The zero-order chi connectivity index (χ0) is 33.3. The molecule has 2 saturated heterocycles. The van der Waals surface area contributed by atoms with Crippen molar-refractivity contribution in [1.29, 1.82) is 0 Å². The Morgan fingerprint density at radius 1 is 1.09 bits per heavy atom. The number of amides is 2. The number of likely N-dealkylation sites (tertiary alicyclic amines) is 1. The summed E-state index contributed by atoms with van der Waals surface area (Å²) in [6.45, 7) is -1.48. The van der Waals surface area contributed by atoms with Crippen molar-refractivity contribution >= 4 is 29.8 Å². The molecule has 5 aliphatic rings. The maximum Gasteiger partial charge on any atom is 0.422 e. The fraction of sp³-hybridized carbons (Fsp3) is 0.576. The Balaban J connectivity index is 1.19. The van der Waals surface area contributed by atoms with E-state index in [1.165, 1.54) is 29.2 Å². The summed E-state index contributed by atoms with van der Waals surface area (Å²) >= 11 is 0. The van der Waals surface area contributed by atoms with E-state index in [9.17, 15) is 32.3 Å². The van der Waals surface area contributed by atoms with Crippen LogP contribution in [0.1, 0.15) is 60.9 Å². The summed E-state index contributed by atoms with van der Waals surface area (Å²) < 4.78 is 60.5. The van der Waals surface area contributed by atoms with Crippen LogP contribution in [0.25, 0.3) is 6.08 Å². The van der Waals surface area contributed by atoms with Gasteiger partial charge in [-0.05, 0) is 68.4 Å². The van der Waals surface area contributed by atoms with Gasteiger partial charge in [0.1, 0.15) is 24.4 Å². The molecule has 254 valence electrons. The molecule has 4 atom stereocenters. The summed E-state index contributed by atoms with van der Waals surface area (Å²) in [5.41, 5.74) is 0.817. The Morgan fingerprint density at radius 2 is 1.83 bits per heavy atom. The molecule has 3 aliphatic carbocycles. The maximum absolute atomic E-state index is 13.9. The number of ether oxygens (including phenoxy) is 4. The molecule has 0 aromatic heterocycles. The lowest BCUT2D eigenvalue weighted by molar-refractivity contribution is -0.209. The average molecular weight is 663 g/mol. The van der Waals surface area contributed by atoms with Crippen LogP contribution in [0.5, 0.6) is 0 Å². The summed E-state index contributed by atoms with van der Waals surface area (Å²) in [4.78, 5) is 53.3. The summed E-state index contributed by atoms with van der Waals surface area (Å²) in [6.07, 6.45) is 1.93. The summed E-state index contributed by atoms with van der Waals surface area (Å²) in [6, 6.07) is 5.31. The van der Waals surface area contributed by atoms with Gasteiger partial charge in [-0.25, -0.2) is 9.59 Å². The monoisotopic (exact) mass is 662 g/mol. The molecular weight excluding hydrogens is 625 g/mol. The van der Waals surface area contributed by atoms with Gasteiger partial charge in [-0.15, -0.1) is 0 Å². The minimum atomic E-state index is -4.65. The molecule has 2 aliphatic heterocycles. The number of benzene rings is 1. The number of rotatable bonds is 11. The lowest BCUT2D eigenvalue weighted by Crippen LogP contribution is -2.49. The maximum atomic E-state index is 13.9. The highest BCUT2D eigenvalue weighted by Gasteiger charge is 2.64. The van der Waals surface area contributed by atoms with Crippen molar-refractivity contribution in [2.45, 2.75) is 81.3 Å². The first-order valence-electron chi connectivity index (χ1n) is 16.0. The predicted octanol–water partition coefficient (Wildman–Crippen LogP) is 3.06. The first-order chi connectivity index (χ1) is 22.5. The number of fused-ring (bicyclic) bond motifs is 1. The molecule has 0 bridgehead atoms. The van der Waals surface area contributed by atoms with Gasteiger partial charge in [0.25, 0.3) is 0 Å². The second kappa shape index (κ2) is 13.4. The van der Waals surface area contributed by atoms with E-state index in [1.54, 1.807) is 12.1 Å².